The third kappa shape index (κ3) is 1.69. The summed E-state index contributed by atoms with van der Waals surface area (Å²) in [6.45, 7) is 2.18. The van der Waals surface area contributed by atoms with Gasteiger partial charge in [-0.15, -0.1) is 0 Å². The van der Waals surface area contributed by atoms with Crippen LogP contribution in [0.5, 0.6) is 0 Å². The van der Waals surface area contributed by atoms with E-state index < -0.39 is 0 Å². The Bertz CT molecular complexity index is 359. The van der Waals surface area contributed by atoms with Gasteiger partial charge in [-0.3, -0.25) is 0 Å². The highest BCUT2D eigenvalue weighted by atomic mass is 15.0. The second kappa shape index (κ2) is 3.56. The predicted molar refractivity (Wildman–Crippen MR) is 52.5 cm³/mol. The lowest BCUT2D eigenvalue weighted by molar-refractivity contribution is 0.764. The molecule has 0 atom stereocenters. The first-order valence-corrected chi connectivity index (χ1v) is 4.70. The molecule has 0 bridgehead atoms. The van der Waals surface area contributed by atoms with Crippen LogP contribution in [0.15, 0.2) is 18.3 Å². The van der Waals surface area contributed by atoms with Gasteiger partial charge < -0.3 is 4.98 Å². The number of pyridine rings is 1. The van der Waals surface area contributed by atoms with E-state index in [1.54, 1.807) is 6.20 Å². The SMILES string of the molecule is CCCCc1nc2cccnc2[nH]1. The normalized spacial score (nSPS) is 10.8. The molecule has 3 nitrogen and oxygen atoms in total. The number of hydrogen-bond acceptors (Lipinski definition) is 2. The summed E-state index contributed by atoms with van der Waals surface area (Å²) in [5.41, 5.74) is 1.86. The number of hydrogen-bond donors (Lipinski definition) is 1. The lowest BCUT2D eigenvalue weighted by Crippen LogP contribution is -1.86. The van der Waals surface area contributed by atoms with Crippen LogP contribution in [0.3, 0.4) is 0 Å². The number of aromatic nitrogens is 3. The van der Waals surface area contributed by atoms with Gasteiger partial charge in [0.05, 0.1) is 0 Å². The smallest absolute Gasteiger partial charge is 0.157 e. The molecule has 0 aliphatic rings. The van der Waals surface area contributed by atoms with Gasteiger partial charge in [0, 0.05) is 12.6 Å². The predicted octanol–water partition coefficient (Wildman–Crippen LogP) is 2.30. The average molecular weight is 175 g/mol. The zero-order valence-corrected chi connectivity index (χ0v) is 7.75. The summed E-state index contributed by atoms with van der Waals surface area (Å²) >= 11 is 0. The molecule has 13 heavy (non-hydrogen) atoms. The van der Waals surface area contributed by atoms with Crippen LogP contribution in [0.1, 0.15) is 25.6 Å². The van der Waals surface area contributed by atoms with Crippen LogP contribution < -0.4 is 0 Å². The van der Waals surface area contributed by atoms with E-state index in [1.807, 2.05) is 12.1 Å². The van der Waals surface area contributed by atoms with Gasteiger partial charge in [-0.1, -0.05) is 13.3 Å². The van der Waals surface area contributed by atoms with Crippen molar-refractivity contribution in [3.63, 3.8) is 0 Å². The number of H-pyrrole nitrogens is 1. The zero-order valence-electron chi connectivity index (χ0n) is 7.75. The second-order valence-electron chi connectivity index (χ2n) is 3.16. The average Bonchev–Trinajstić information content (AvgIpc) is 2.57. The fraction of sp³-hybridized carbons (Fsp3) is 0.400. The number of rotatable bonds is 3. The largest absolute Gasteiger partial charge is 0.327 e. The molecule has 2 rings (SSSR count). The molecule has 1 N–H and O–H groups in total. The summed E-state index contributed by atoms with van der Waals surface area (Å²) in [7, 11) is 0. The van der Waals surface area contributed by atoms with E-state index in [0.717, 1.165) is 23.4 Å². The number of fused-ring (bicyclic) bond motifs is 1. The summed E-state index contributed by atoms with van der Waals surface area (Å²) in [6.07, 6.45) is 5.18. The molecule has 0 aliphatic carbocycles. The van der Waals surface area contributed by atoms with Crippen molar-refractivity contribution in [3.05, 3.63) is 24.2 Å². The lowest BCUT2D eigenvalue weighted by atomic mass is 10.2. The summed E-state index contributed by atoms with van der Waals surface area (Å²) in [5, 5.41) is 0. The Morgan fingerprint density at radius 2 is 2.38 bits per heavy atom. The number of nitrogens with zero attached hydrogens (tertiary/aromatic N) is 2. The summed E-state index contributed by atoms with van der Waals surface area (Å²) in [5.74, 6) is 1.05. The summed E-state index contributed by atoms with van der Waals surface area (Å²) in [6, 6.07) is 3.89. The van der Waals surface area contributed by atoms with Gasteiger partial charge in [0.25, 0.3) is 0 Å². The fourth-order valence-electron chi connectivity index (χ4n) is 1.36. The van der Waals surface area contributed by atoms with Gasteiger partial charge in [0.2, 0.25) is 0 Å². The van der Waals surface area contributed by atoms with Gasteiger partial charge in [0.1, 0.15) is 11.3 Å². The highest BCUT2D eigenvalue weighted by Gasteiger charge is 2.00. The maximum Gasteiger partial charge on any atom is 0.157 e. The van der Waals surface area contributed by atoms with Crippen LogP contribution in [0, 0.1) is 0 Å². The number of unbranched alkanes of at least 4 members (excludes halogenated alkanes) is 1. The minimum atomic E-state index is 0.897. The number of imidazole rings is 1. The Morgan fingerprint density at radius 1 is 1.46 bits per heavy atom. The molecule has 0 radical (unpaired) electrons. The molecule has 0 saturated carbocycles. The highest BCUT2D eigenvalue weighted by Crippen LogP contribution is 2.08. The van der Waals surface area contributed by atoms with Crippen LogP contribution in [0.25, 0.3) is 11.2 Å². The van der Waals surface area contributed by atoms with E-state index in [2.05, 4.69) is 21.9 Å². The minimum Gasteiger partial charge on any atom is -0.327 e. The molecule has 3 heteroatoms. The molecule has 0 spiro atoms. The maximum atomic E-state index is 4.43. The minimum absolute atomic E-state index is 0.897. The molecule has 0 fully saturated rings. The molecule has 0 aromatic carbocycles. The van der Waals surface area contributed by atoms with Crippen molar-refractivity contribution < 1.29 is 0 Å². The van der Waals surface area contributed by atoms with Crippen molar-refractivity contribution in [3.8, 4) is 0 Å². The Kier molecular flexibility index (Phi) is 2.25. The van der Waals surface area contributed by atoms with Gasteiger partial charge in [-0.05, 0) is 18.6 Å². The van der Waals surface area contributed by atoms with Crippen LogP contribution in [-0.2, 0) is 6.42 Å². The molecule has 68 valence electrons. The molecule has 2 aromatic heterocycles. The zero-order chi connectivity index (χ0) is 9.10. The van der Waals surface area contributed by atoms with Gasteiger partial charge >= 0.3 is 0 Å². The summed E-state index contributed by atoms with van der Waals surface area (Å²) < 4.78 is 0. The van der Waals surface area contributed by atoms with Crippen LogP contribution in [-0.4, -0.2) is 15.0 Å². The van der Waals surface area contributed by atoms with Crippen molar-refractivity contribution in [2.45, 2.75) is 26.2 Å². The molecule has 0 saturated heterocycles. The monoisotopic (exact) mass is 175 g/mol. The number of aromatic amines is 1. The molecule has 0 amide bonds. The third-order valence-electron chi connectivity index (χ3n) is 2.07. The van der Waals surface area contributed by atoms with Gasteiger partial charge in [-0.2, -0.15) is 0 Å². The molecule has 0 aliphatic heterocycles. The van der Waals surface area contributed by atoms with Crippen LogP contribution in [0.4, 0.5) is 0 Å². The molecule has 0 unspecified atom stereocenters. The van der Waals surface area contributed by atoms with E-state index in [-0.39, 0.29) is 0 Å². The lowest BCUT2D eigenvalue weighted by Gasteiger charge is -1.90. The first-order chi connectivity index (χ1) is 6.40. The Morgan fingerprint density at radius 3 is 3.15 bits per heavy atom. The fourth-order valence-corrected chi connectivity index (χ4v) is 1.36. The first-order valence-electron chi connectivity index (χ1n) is 4.70. The Balaban J connectivity index is 2.28. The van der Waals surface area contributed by atoms with E-state index in [0.29, 0.717) is 0 Å². The summed E-state index contributed by atoms with van der Waals surface area (Å²) in [4.78, 5) is 11.8. The van der Waals surface area contributed by atoms with E-state index in [4.69, 9.17) is 0 Å². The topological polar surface area (TPSA) is 41.6 Å². The van der Waals surface area contributed by atoms with Crippen molar-refractivity contribution in [2.75, 3.05) is 0 Å². The van der Waals surface area contributed by atoms with Crippen LogP contribution >= 0.6 is 0 Å². The quantitative estimate of drug-likeness (QED) is 0.777. The number of nitrogens with one attached hydrogen (secondary N) is 1. The van der Waals surface area contributed by atoms with Gasteiger partial charge in [0.15, 0.2) is 5.65 Å². The Hall–Kier alpha value is -1.38. The molecule has 2 heterocycles. The van der Waals surface area contributed by atoms with E-state index in [9.17, 15) is 0 Å². The van der Waals surface area contributed by atoms with Crippen LogP contribution in [0.2, 0.25) is 0 Å². The van der Waals surface area contributed by atoms with Crippen molar-refractivity contribution in [1.82, 2.24) is 15.0 Å². The van der Waals surface area contributed by atoms with Gasteiger partial charge in [-0.25, -0.2) is 9.97 Å². The molecule has 2 aromatic rings. The van der Waals surface area contributed by atoms with Crippen molar-refractivity contribution in [1.29, 1.82) is 0 Å². The number of aryl methyl sites for hydroxylation is 1. The van der Waals surface area contributed by atoms with E-state index >= 15 is 0 Å². The van der Waals surface area contributed by atoms with Crippen molar-refractivity contribution >= 4 is 11.2 Å². The highest BCUT2D eigenvalue weighted by molar-refractivity contribution is 5.69. The molecular formula is C10H13N3. The standard InChI is InChI=1S/C10H13N3/c1-2-3-6-9-12-8-5-4-7-11-10(8)13-9/h4-5,7H,2-3,6H2,1H3,(H,11,12,13). The third-order valence-corrected chi connectivity index (χ3v) is 2.07. The van der Waals surface area contributed by atoms with Crippen molar-refractivity contribution in [2.24, 2.45) is 0 Å². The Labute approximate surface area is 77.2 Å². The maximum absolute atomic E-state index is 4.43. The first kappa shape index (κ1) is 8.23. The molecular weight excluding hydrogens is 162 g/mol. The second-order valence-corrected chi connectivity index (χ2v) is 3.16. The van der Waals surface area contributed by atoms with E-state index in [1.165, 1.54) is 12.8 Å².